The zero-order valence-corrected chi connectivity index (χ0v) is 14.3. The molecule has 0 bridgehead atoms. The Bertz CT molecular complexity index is 652. The Kier molecular flexibility index (Phi) is 5.57. The molecule has 5 nitrogen and oxygen atoms in total. The van der Waals surface area contributed by atoms with Crippen LogP contribution in [-0.4, -0.2) is 34.2 Å². The van der Waals surface area contributed by atoms with Crippen molar-refractivity contribution in [2.45, 2.75) is 45.0 Å². The van der Waals surface area contributed by atoms with Crippen LogP contribution in [0.1, 0.15) is 38.1 Å². The van der Waals surface area contributed by atoms with E-state index in [1.54, 1.807) is 20.8 Å². The highest BCUT2D eigenvalue weighted by atomic mass is 35.5. The van der Waals surface area contributed by atoms with Crippen LogP contribution in [0, 0.1) is 0 Å². The molecule has 1 atom stereocenters. The molecule has 134 valence electrons. The Morgan fingerprint density at radius 3 is 2.08 bits per heavy atom. The van der Waals surface area contributed by atoms with Crippen molar-refractivity contribution in [3.05, 3.63) is 28.8 Å². The summed E-state index contributed by atoms with van der Waals surface area (Å²) in [6, 6.07) is 3.69. The van der Waals surface area contributed by atoms with Crippen molar-refractivity contribution in [3.8, 4) is 0 Å². The molecule has 0 saturated carbocycles. The molecule has 1 aromatic rings. The first-order valence-electron chi connectivity index (χ1n) is 6.88. The maximum absolute atomic E-state index is 12.6. The van der Waals surface area contributed by atoms with Gasteiger partial charge >= 0.3 is 6.18 Å². The molecular formula is C15H18ClF3N2O3. The average molecular weight is 367 g/mol. The summed E-state index contributed by atoms with van der Waals surface area (Å²) in [7, 11) is 0. The van der Waals surface area contributed by atoms with Gasteiger partial charge in [0.1, 0.15) is 0 Å². The lowest BCUT2D eigenvalue weighted by molar-refractivity contribution is -0.242. The molecule has 1 aromatic carbocycles. The summed E-state index contributed by atoms with van der Waals surface area (Å²) >= 11 is 5.90. The van der Waals surface area contributed by atoms with Crippen LogP contribution in [-0.2, 0) is 4.79 Å². The third-order valence-electron chi connectivity index (χ3n) is 2.96. The SMILES string of the molecule is CC(C)(C)NC(=O)c1ccc(NC(=O)[C@@](C)(O)C(F)(F)F)c(Cl)c1. The van der Waals surface area contributed by atoms with E-state index in [1.807, 2.05) is 5.32 Å². The number of rotatable bonds is 3. The van der Waals surface area contributed by atoms with Crippen molar-refractivity contribution in [1.29, 1.82) is 0 Å². The molecule has 0 saturated heterocycles. The van der Waals surface area contributed by atoms with Crippen molar-refractivity contribution in [2.75, 3.05) is 5.32 Å². The first-order chi connectivity index (χ1) is 10.6. The summed E-state index contributed by atoms with van der Waals surface area (Å²) < 4.78 is 37.9. The van der Waals surface area contributed by atoms with E-state index in [-0.39, 0.29) is 16.3 Å². The van der Waals surface area contributed by atoms with Crippen LogP contribution in [0.15, 0.2) is 18.2 Å². The van der Waals surface area contributed by atoms with Crippen LogP contribution in [0.25, 0.3) is 0 Å². The monoisotopic (exact) mass is 366 g/mol. The highest BCUT2D eigenvalue weighted by Crippen LogP contribution is 2.32. The van der Waals surface area contributed by atoms with Gasteiger partial charge in [0.15, 0.2) is 0 Å². The molecule has 0 heterocycles. The van der Waals surface area contributed by atoms with E-state index in [2.05, 4.69) is 5.32 Å². The smallest absolute Gasteiger partial charge is 0.373 e. The predicted octanol–water partition coefficient (Wildman–Crippen LogP) is 3.12. The lowest BCUT2D eigenvalue weighted by Gasteiger charge is -2.25. The van der Waals surface area contributed by atoms with Gasteiger partial charge in [-0.2, -0.15) is 13.2 Å². The van der Waals surface area contributed by atoms with E-state index < -0.39 is 29.1 Å². The highest BCUT2D eigenvalue weighted by molar-refractivity contribution is 6.34. The van der Waals surface area contributed by atoms with Crippen LogP contribution >= 0.6 is 11.6 Å². The first kappa shape index (κ1) is 20.2. The molecule has 0 aliphatic rings. The van der Waals surface area contributed by atoms with Crippen LogP contribution in [0.2, 0.25) is 5.02 Å². The summed E-state index contributed by atoms with van der Waals surface area (Å²) in [6.07, 6.45) is -5.14. The van der Waals surface area contributed by atoms with Gasteiger partial charge in [-0.1, -0.05) is 11.6 Å². The second kappa shape index (κ2) is 6.60. The Labute approximate surface area is 142 Å². The van der Waals surface area contributed by atoms with Crippen LogP contribution in [0.3, 0.4) is 0 Å². The minimum atomic E-state index is -5.14. The Hall–Kier alpha value is -1.80. The molecule has 0 fully saturated rings. The van der Waals surface area contributed by atoms with Gasteiger partial charge in [-0.05, 0) is 45.9 Å². The molecule has 2 amide bonds. The van der Waals surface area contributed by atoms with E-state index >= 15 is 0 Å². The number of hydrogen-bond acceptors (Lipinski definition) is 3. The number of benzene rings is 1. The summed E-state index contributed by atoms with van der Waals surface area (Å²) in [5.74, 6) is -2.10. The Morgan fingerprint density at radius 1 is 1.12 bits per heavy atom. The van der Waals surface area contributed by atoms with Gasteiger partial charge in [-0.3, -0.25) is 9.59 Å². The number of nitrogens with one attached hydrogen (secondary N) is 2. The Balaban J connectivity index is 2.98. The van der Waals surface area contributed by atoms with Crippen LogP contribution < -0.4 is 10.6 Å². The molecule has 0 aliphatic carbocycles. The zero-order valence-electron chi connectivity index (χ0n) is 13.5. The standard InChI is InChI=1S/C15H18ClF3N2O3/c1-13(2,3)21-11(22)8-5-6-10(9(16)7-8)20-12(23)14(4,24)15(17,18)19/h5-7,24H,1-4H3,(H,20,23)(H,21,22)/t14-/m1/s1. The molecule has 0 spiro atoms. The van der Waals surface area contributed by atoms with Crippen LogP contribution in [0.5, 0.6) is 0 Å². The lowest BCUT2D eigenvalue weighted by Crippen LogP contribution is -2.52. The quantitative estimate of drug-likeness (QED) is 0.769. The van der Waals surface area contributed by atoms with Gasteiger partial charge in [0, 0.05) is 11.1 Å². The van der Waals surface area contributed by atoms with Crippen molar-refractivity contribution in [3.63, 3.8) is 0 Å². The maximum Gasteiger partial charge on any atom is 0.426 e. The number of amides is 2. The molecule has 9 heteroatoms. The topological polar surface area (TPSA) is 78.4 Å². The Morgan fingerprint density at radius 2 is 1.67 bits per heavy atom. The summed E-state index contributed by atoms with van der Waals surface area (Å²) in [4.78, 5) is 23.6. The molecule has 1 rings (SSSR count). The van der Waals surface area contributed by atoms with Crippen molar-refractivity contribution in [1.82, 2.24) is 5.32 Å². The zero-order chi connectivity index (χ0) is 18.9. The van der Waals surface area contributed by atoms with Gasteiger partial charge in [0.2, 0.25) is 5.60 Å². The average Bonchev–Trinajstić information content (AvgIpc) is 2.37. The van der Waals surface area contributed by atoms with Crippen molar-refractivity contribution < 1.29 is 27.9 Å². The molecule has 0 aromatic heterocycles. The number of anilines is 1. The number of aliphatic hydroxyl groups is 1. The normalized spacial score (nSPS) is 14.7. The van der Waals surface area contributed by atoms with Gasteiger partial charge in [-0.15, -0.1) is 0 Å². The number of hydrogen-bond donors (Lipinski definition) is 3. The number of alkyl halides is 3. The molecule has 24 heavy (non-hydrogen) atoms. The summed E-state index contributed by atoms with van der Waals surface area (Å²) in [6.45, 7) is 5.67. The second-order valence-corrected chi connectivity index (χ2v) is 6.83. The second-order valence-electron chi connectivity index (χ2n) is 6.42. The lowest BCUT2D eigenvalue weighted by atomic mass is 10.1. The fourth-order valence-electron chi connectivity index (χ4n) is 1.54. The van der Waals surface area contributed by atoms with Gasteiger partial charge in [0.25, 0.3) is 11.8 Å². The largest absolute Gasteiger partial charge is 0.426 e. The van der Waals surface area contributed by atoms with Crippen molar-refractivity contribution in [2.24, 2.45) is 0 Å². The molecule has 0 aliphatic heterocycles. The minimum absolute atomic E-state index is 0.136. The number of carbonyl (C=O) groups excluding carboxylic acids is 2. The van der Waals surface area contributed by atoms with Crippen LogP contribution in [0.4, 0.5) is 18.9 Å². The molecule has 3 N–H and O–H groups in total. The third kappa shape index (κ3) is 4.85. The molecule has 0 unspecified atom stereocenters. The van der Waals surface area contributed by atoms with E-state index in [0.29, 0.717) is 6.92 Å². The fraction of sp³-hybridized carbons (Fsp3) is 0.467. The van der Waals surface area contributed by atoms with E-state index in [9.17, 15) is 27.9 Å². The maximum atomic E-state index is 12.6. The molecular weight excluding hydrogens is 349 g/mol. The van der Waals surface area contributed by atoms with Crippen molar-refractivity contribution >= 4 is 29.1 Å². The number of halogens is 4. The van der Waals surface area contributed by atoms with E-state index in [1.165, 1.54) is 18.2 Å². The third-order valence-corrected chi connectivity index (χ3v) is 3.27. The van der Waals surface area contributed by atoms with Gasteiger partial charge < -0.3 is 15.7 Å². The molecule has 0 radical (unpaired) electrons. The fourth-order valence-corrected chi connectivity index (χ4v) is 1.77. The first-order valence-corrected chi connectivity index (χ1v) is 7.25. The number of carbonyl (C=O) groups is 2. The summed E-state index contributed by atoms with van der Waals surface area (Å²) in [5, 5.41) is 13.8. The highest BCUT2D eigenvalue weighted by Gasteiger charge is 2.55. The van der Waals surface area contributed by atoms with Gasteiger partial charge in [0.05, 0.1) is 10.7 Å². The predicted molar refractivity (Wildman–Crippen MR) is 84.0 cm³/mol. The van der Waals surface area contributed by atoms with Gasteiger partial charge in [-0.25, -0.2) is 0 Å². The van der Waals surface area contributed by atoms with E-state index in [0.717, 1.165) is 0 Å². The summed E-state index contributed by atoms with van der Waals surface area (Å²) in [5.41, 5.74) is -4.03. The van der Waals surface area contributed by atoms with E-state index in [4.69, 9.17) is 11.6 Å². The minimum Gasteiger partial charge on any atom is -0.373 e.